The van der Waals surface area contributed by atoms with Gasteiger partial charge in [0.25, 0.3) is 5.56 Å². The fraction of sp³-hybridized carbons (Fsp3) is 0.444. The Bertz CT molecular complexity index is 1640. The molecule has 14 heteroatoms. The van der Waals surface area contributed by atoms with E-state index in [0.717, 1.165) is 15.9 Å². The number of carbonyl (C=O) groups excluding carboxylic acids is 1. The molecule has 12 nitrogen and oxygen atoms in total. The number of aromatic nitrogens is 5. The average molecular weight is 589 g/mol. The summed E-state index contributed by atoms with van der Waals surface area (Å²) in [6.45, 7) is 7.07. The second-order valence-corrected chi connectivity index (χ2v) is 10.7. The van der Waals surface area contributed by atoms with E-state index >= 15 is 0 Å². The van der Waals surface area contributed by atoms with Crippen LogP contribution >= 0.6 is 11.3 Å². The molecular formula is C27H33FN6O6S. The highest BCUT2D eigenvalue weighted by Crippen LogP contribution is 2.34. The smallest absolute Gasteiger partial charge is 0.332 e. The Hall–Kier alpha value is -3.88. The van der Waals surface area contributed by atoms with E-state index in [2.05, 4.69) is 15.5 Å². The standard InChI is InChI=1S/C27H33FN6O6S/c1-15(2)31-23(35)17(4)33-24(36)22-16(3)25(34-29-9-10-30-34)41-26(22)32(27(33)37)14-21(40-12-11-38-5)19-13-18(28)7-8-20(19)39-6/h7-10,13,15,17,21H,11-12,14H2,1-6H3,(H,31,35)/t17-,21+/m1/s1. The average Bonchev–Trinajstić information content (AvgIpc) is 3.58. The third-order valence-electron chi connectivity index (χ3n) is 6.51. The SMILES string of the molecule is COCCO[C@@H](Cn1c(=O)n([C@H](C)C(=O)NC(C)C)c(=O)c2c(C)c(-n3nccn3)sc21)c1cc(F)ccc1OC. The van der Waals surface area contributed by atoms with Gasteiger partial charge < -0.3 is 19.5 Å². The molecule has 0 saturated carbocycles. The third-order valence-corrected chi connectivity index (χ3v) is 7.79. The van der Waals surface area contributed by atoms with Crippen LogP contribution in [0, 0.1) is 12.7 Å². The number of aryl methyl sites for hydroxylation is 1. The molecule has 0 radical (unpaired) electrons. The summed E-state index contributed by atoms with van der Waals surface area (Å²) >= 11 is 1.16. The zero-order chi connectivity index (χ0) is 29.8. The Kier molecular flexibility index (Phi) is 9.35. The van der Waals surface area contributed by atoms with Gasteiger partial charge in [0.1, 0.15) is 33.5 Å². The van der Waals surface area contributed by atoms with Gasteiger partial charge in [-0.2, -0.15) is 10.2 Å². The number of rotatable bonds is 12. The van der Waals surface area contributed by atoms with Crippen molar-refractivity contribution in [2.45, 2.75) is 52.4 Å². The molecule has 0 saturated heterocycles. The minimum absolute atomic E-state index is 0.121. The number of carbonyl (C=O) groups is 1. The van der Waals surface area contributed by atoms with Crippen molar-refractivity contribution in [1.82, 2.24) is 29.4 Å². The highest BCUT2D eigenvalue weighted by atomic mass is 32.1. The summed E-state index contributed by atoms with van der Waals surface area (Å²) in [6.07, 6.45) is 2.13. The van der Waals surface area contributed by atoms with Crippen LogP contribution in [0.5, 0.6) is 5.75 Å². The zero-order valence-electron chi connectivity index (χ0n) is 23.7. The molecule has 0 aliphatic heterocycles. The van der Waals surface area contributed by atoms with E-state index < -0.39 is 35.1 Å². The van der Waals surface area contributed by atoms with Crippen molar-refractivity contribution in [3.63, 3.8) is 0 Å². The van der Waals surface area contributed by atoms with Crippen LogP contribution in [-0.2, 0) is 20.8 Å². The fourth-order valence-corrected chi connectivity index (χ4v) is 5.75. The quantitative estimate of drug-likeness (QED) is 0.250. The number of ether oxygens (including phenoxy) is 3. The first-order valence-corrected chi connectivity index (χ1v) is 13.8. The van der Waals surface area contributed by atoms with Gasteiger partial charge in [0.15, 0.2) is 0 Å². The van der Waals surface area contributed by atoms with Gasteiger partial charge in [-0.05, 0) is 45.9 Å². The number of hydrogen-bond acceptors (Lipinski definition) is 9. The fourth-order valence-electron chi connectivity index (χ4n) is 4.53. The van der Waals surface area contributed by atoms with Crippen molar-refractivity contribution in [1.29, 1.82) is 0 Å². The van der Waals surface area contributed by atoms with Crippen LogP contribution in [0.4, 0.5) is 4.39 Å². The van der Waals surface area contributed by atoms with Gasteiger partial charge in [0.2, 0.25) is 5.91 Å². The van der Waals surface area contributed by atoms with Crippen LogP contribution in [0.3, 0.4) is 0 Å². The van der Waals surface area contributed by atoms with Gasteiger partial charge in [0, 0.05) is 24.3 Å². The summed E-state index contributed by atoms with van der Waals surface area (Å²) in [6, 6.07) is 2.71. The number of methoxy groups -OCH3 is 2. The Morgan fingerprint density at radius 3 is 2.46 bits per heavy atom. The van der Waals surface area contributed by atoms with E-state index in [1.807, 2.05) is 0 Å². The third kappa shape index (κ3) is 6.09. The molecule has 0 bridgehead atoms. The molecule has 4 aromatic rings. The second kappa shape index (κ2) is 12.7. The molecule has 1 aromatic carbocycles. The second-order valence-electron chi connectivity index (χ2n) is 9.68. The highest BCUT2D eigenvalue weighted by molar-refractivity contribution is 7.21. The first-order valence-electron chi connectivity index (χ1n) is 13.0. The number of halogens is 1. The van der Waals surface area contributed by atoms with E-state index in [9.17, 15) is 18.8 Å². The van der Waals surface area contributed by atoms with Gasteiger partial charge in [0.05, 0.1) is 44.6 Å². The summed E-state index contributed by atoms with van der Waals surface area (Å²) in [5.41, 5.74) is -0.412. The van der Waals surface area contributed by atoms with Crippen molar-refractivity contribution in [3.05, 3.63) is 68.4 Å². The largest absolute Gasteiger partial charge is 0.496 e. The lowest BCUT2D eigenvalue weighted by molar-refractivity contribution is -0.124. The van der Waals surface area contributed by atoms with Crippen molar-refractivity contribution in [3.8, 4) is 10.8 Å². The number of nitrogens with one attached hydrogen (secondary N) is 1. The molecule has 41 heavy (non-hydrogen) atoms. The van der Waals surface area contributed by atoms with E-state index in [1.165, 1.54) is 61.1 Å². The van der Waals surface area contributed by atoms with Gasteiger partial charge >= 0.3 is 5.69 Å². The van der Waals surface area contributed by atoms with Crippen LogP contribution in [0.2, 0.25) is 0 Å². The molecule has 0 fully saturated rings. The Labute approximate surface area is 239 Å². The molecule has 0 aliphatic carbocycles. The molecule has 0 spiro atoms. The van der Waals surface area contributed by atoms with Crippen LogP contribution in [0.1, 0.15) is 44.0 Å². The summed E-state index contributed by atoms with van der Waals surface area (Å²) in [5.74, 6) is -0.631. The molecular weight excluding hydrogens is 555 g/mol. The predicted octanol–water partition coefficient (Wildman–Crippen LogP) is 2.75. The maximum absolute atomic E-state index is 14.4. The number of nitrogens with zero attached hydrogens (tertiary/aromatic N) is 5. The summed E-state index contributed by atoms with van der Waals surface area (Å²) < 4.78 is 33.4. The lowest BCUT2D eigenvalue weighted by Gasteiger charge is -2.23. The van der Waals surface area contributed by atoms with E-state index in [0.29, 0.717) is 26.7 Å². The summed E-state index contributed by atoms with van der Waals surface area (Å²) in [7, 11) is 2.97. The van der Waals surface area contributed by atoms with Crippen LogP contribution in [-0.4, -0.2) is 63.5 Å². The van der Waals surface area contributed by atoms with Crippen molar-refractivity contribution < 1.29 is 23.4 Å². The van der Waals surface area contributed by atoms with Crippen LogP contribution in [0.15, 0.2) is 40.2 Å². The molecule has 3 aromatic heterocycles. The maximum atomic E-state index is 14.4. The zero-order valence-corrected chi connectivity index (χ0v) is 24.5. The topological polar surface area (TPSA) is 132 Å². The highest BCUT2D eigenvalue weighted by Gasteiger charge is 2.29. The first kappa shape index (κ1) is 30.1. The number of thiophene rings is 1. The Morgan fingerprint density at radius 1 is 1.12 bits per heavy atom. The monoisotopic (exact) mass is 588 g/mol. The van der Waals surface area contributed by atoms with Gasteiger partial charge in [-0.3, -0.25) is 14.2 Å². The Morgan fingerprint density at radius 2 is 1.83 bits per heavy atom. The predicted molar refractivity (Wildman–Crippen MR) is 152 cm³/mol. The van der Waals surface area contributed by atoms with E-state index in [4.69, 9.17) is 14.2 Å². The van der Waals surface area contributed by atoms with Crippen LogP contribution in [0.25, 0.3) is 15.2 Å². The normalized spacial score (nSPS) is 13.1. The number of fused-ring (bicyclic) bond motifs is 1. The molecule has 3 heterocycles. The van der Waals surface area contributed by atoms with Gasteiger partial charge in [-0.1, -0.05) is 11.3 Å². The van der Waals surface area contributed by atoms with Crippen LogP contribution < -0.4 is 21.3 Å². The summed E-state index contributed by atoms with van der Waals surface area (Å²) in [4.78, 5) is 42.6. The van der Waals surface area contributed by atoms with E-state index in [1.54, 1.807) is 20.8 Å². The number of amides is 1. The molecule has 1 amide bonds. The Balaban J connectivity index is 1.98. The number of hydrogen-bond donors (Lipinski definition) is 1. The molecule has 0 aliphatic rings. The molecule has 1 N–H and O–H groups in total. The van der Waals surface area contributed by atoms with Gasteiger partial charge in [-0.15, -0.1) is 4.80 Å². The lowest BCUT2D eigenvalue weighted by atomic mass is 10.1. The summed E-state index contributed by atoms with van der Waals surface area (Å²) in [5, 5.41) is 11.9. The number of benzene rings is 1. The molecule has 2 atom stereocenters. The molecule has 220 valence electrons. The van der Waals surface area contributed by atoms with Crippen molar-refractivity contribution in [2.24, 2.45) is 0 Å². The van der Waals surface area contributed by atoms with Gasteiger partial charge in [-0.25, -0.2) is 13.8 Å². The molecule has 0 unspecified atom stereocenters. The molecule has 4 rings (SSSR count). The lowest BCUT2D eigenvalue weighted by Crippen LogP contribution is -2.47. The van der Waals surface area contributed by atoms with Crippen molar-refractivity contribution >= 4 is 27.5 Å². The van der Waals surface area contributed by atoms with E-state index in [-0.39, 0.29) is 31.2 Å². The maximum Gasteiger partial charge on any atom is 0.332 e. The first-order chi connectivity index (χ1) is 19.6. The van der Waals surface area contributed by atoms with Crippen molar-refractivity contribution in [2.75, 3.05) is 27.4 Å². The minimum Gasteiger partial charge on any atom is -0.496 e. The minimum atomic E-state index is -1.12.